The summed E-state index contributed by atoms with van der Waals surface area (Å²) in [7, 11) is 0. The zero-order valence-electron chi connectivity index (χ0n) is 13.7. The summed E-state index contributed by atoms with van der Waals surface area (Å²) in [5.41, 5.74) is 0.743. The van der Waals surface area contributed by atoms with Crippen molar-refractivity contribution in [3.05, 3.63) is 69.7 Å². The number of hydrogen-bond acceptors (Lipinski definition) is 5. The molecule has 2 aromatic carbocycles. The van der Waals surface area contributed by atoms with Gasteiger partial charge in [0.05, 0.1) is 10.0 Å². The monoisotopic (exact) mass is 394 g/mol. The molecular weight excluding hydrogens is 379 g/mol. The summed E-state index contributed by atoms with van der Waals surface area (Å²) in [6.07, 6.45) is -0.974. The molecule has 0 amide bonds. The summed E-state index contributed by atoms with van der Waals surface area (Å²) >= 11 is 11.9. The summed E-state index contributed by atoms with van der Waals surface area (Å²) in [5, 5.41) is 0.691. The average molecular weight is 395 g/mol. The van der Waals surface area contributed by atoms with Gasteiger partial charge in [-0.05, 0) is 24.3 Å². The largest absolute Gasteiger partial charge is 0.508 e. The lowest BCUT2D eigenvalue weighted by atomic mass is 10.1. The van der Waals surface area contributed by atoms with E-state index < -0.39 is 6.16 Å². The van der Waals surface area contributed by atoms with Crippen molar-refractivity contribution in [3.63, 3.8) is 0 Å². The van der Waals surface area contributed by atoms with E-state index in [1.54, 1.807) is 48.5 Å². The van der Waals surface area contributed by atoms with Gasteiger partial charge in [0, 0.05) is 24.0 Å². The fourth-order valence-electron chi connectivity index (χ4n) is 2.14. The number of benzene rings is 2. The van der Waals surface area contributed by atoms with Gasteiger partial charge in [0.25, 0.3) is 0 Å². The van der Waals surface area contributed by atoms with Crippen LogP contribution in [0.4, 0.5) is 4.79 Å². The summed E-state index contributed by atoms with van der Waals surface area (Å²) < 4.78 is 9.65. The average Bonchev–Trinajstić information content (AvgIpc) is 2.62. The minimum absolute atomic E-state index is 0.0165. The van der Waals surface area contributed by atoms with E-state index in [1.807, 2.05) is 0 Å². The zero-order valence-corrected chi connectivity index (χ0v) is 15.3. The third kappa shape index (κ3) is 5.86. The molecule has 0 saturated heterocycles. The molecule has 7 heteroatoms. The van der Waals surface area contributed by atoms with Crippen LogP contribution in [0.2, 0.25) is 10.0 Å². The topological polar surface area (TPSA) is 69.7 Å². The molecule has 0 aliphatic rings. The predicted molar refractivity (Wildman–Crippen MR) is 98.1 cm³/mol. The minimum atomic E-state index is -0.941. The molecule has 0 fully saturated rings. The van der Waals surface area contributed by atoms with Gasteiger partial charge in [0.15, 0.2) is 11.6 Å². The summed E-state index contributed by atoms with van der Waals surface area (Å²) in [6.45, 7) is -0.275. The van der Waals surface area contributed by atoms with Crippen LogP contribution in [-0.2, 0) is 9.47 Å². The molecule has 0 N–H and O–H groups in total. The molecule has 0 aromatic heterocycles. The number of carbonyl (C=O) groups is 3. The van der Waals surface area contributed by atoms with Crippen LogP contribution < -0.4 is 0 Å². The van der Waals surface area contributed by atoms with E-state index in [-0.39, 0.29) is 37.6 Å². The minimum Gasteiger partial charge on any atom is -0.434 e. The predicted octanol–water partition coefficient (Wildman–Crippen LogP) is 4.99. The maximum absolute atomic E-state index is 12.0. The molecule has 0 spiro atoms. The van der Waals surface area contributed by atoms with Gasteiger partial charge >= 0.3 is 6.16 Å². The van der Waals surface area contributed by atoms with Crippen molar-refractivity contribution in [3.8, 4) is 0 Å². The quantitative estimate of drug-likeness (QED) is 0.465. The zero-order chi connectivity index (χ0) is 18.9. The second kappa shape index (κ2) is 9.94. The van der Waals surface area contributed by atoms with E-state index in [4.69, 9.17) is 32.7 Å². The van der Waals surface area contributed by atoms with Crippen molar-refractivity contribution in [2.24, 2.45) is 0 Å². The molecule has 0 aliphatic carbocycles. The van der Waals surface area contributed by atoms with Gasteiger partial charge in [-0.15, -0.1) is 0 Å². The Balaban J connectivity index is 1.68. The SMILES string of the molecule is O=C(OCCC(=O)c1ccccc1Cl)OCCC(=O)c1ccccc1Cl. The molecule has 0 bridgehead atoms. The van der Waals surface area contributed by atoms with Crippen LogP contribution in [0.15, 0.2) is 48.5 Å². The molecular formula is C19H16Cl2O5. The first-order valence-electron chi connectivity index (χ1n) is 7.84. The first kappa shape index (κ1) is 19.9. The Morgan fingerprint density at radius 1 is 0.692 bits per heavy atom. The fourth-order valence-corrected chi connectivity index (χ4v) is 2.62. The number of halogens is 2. The first-order valence-corrected chi connectivity index (χ1v) is 8.59. The normalized spacial score (nSPS) is 10.2. The molecule has 0 heterocycles. The van der Waals surface area contributed by atoms with E-state index in [0.29, 0.717) is 21.2 Å². The number of carbonyl (C=O) groups excluding carboxylic acids is 3. The number of ketones is 2. The number of hydrogen-bond donors (Lipinski definition) is 0. The van der Waals surface area contributed by atoms with Gasteiger partial charge in [0.1, 0.15) is 13.2 Å². The molecule has 136 valence electrons. The maximum Gasteiger partial charge on any atom is 0.508 e. The highest BCUT2D eigenvalue weighted by atomic mass is 35.5. The second-order valence-corrected chi connectivity index (χ2v) is 6.07. The van der Waals surface area contributed by atoms with Crippen LogP contribution in [0, 0.1) is 0 Å². The molecule has 26 heavy (non-hydrogen) atoms. The van der Waals surface area contributed by atoms with Crippen molar-refractivity contribution in [2.45, 2.75) is 12.8 Å². The highest BCUT2D eigenvalue weighted by molar-refractivity contribution is 6.34. The number of ether oxygens (including phenoxy) is 2. The van der Waals surface area contributed by atoms with E-state index in [9.17, 15) is 14.4 Å². The van der Waals surface area contributed by atoms with E-state index in [0.717, 1.165) is 0 Å². The molecule has 5 nitrogen and oxygen atoms in total. The highest BCUT2D eigenvalue weighted by Gasteiger charge is 2.13. The van der Waals surface area contributed by atoms with Gasteiger partial charge in [-0.25, -0.2) is 4.79 Å². The van der Waals surface area contributed by atoms with Gasteiger partial charge < -0.3 is 9.47 Å². The Morgan fingerprint density at radius 3 is 1.46 bits per heavy atom. The lowest BCUT2D eigenvalue weighted by molar-refractivity contribution is 0.0520. The smallest absolute Gasteiger partial charge is 0.434 e. The Morgan fingerprint density at radius 2 is 1.08 bits per heavy atom. The van der Waals surface area contributed by atoms with Crippen molar-refractivity contribution < 1.29 is 23.9 Å². The van der Waals surface area contributed by atoms with Crippen molar-refractivity contribution in [1.82, 2.24) is 0 Å². The second-order valence-electron chi connectivity index (χ2n) is 5.25. The Kier molecular flexibility index (Phi) is 7.63. The Bertz CT molecular complexity index is 739. The standard InChI is InChI=1S/C19H16Cl2O5/c20-15-7-3-1-5-13(15)17(22)9-11-25-19(24)26-12-10-18(23)14-6-2-4-8-16(14)21/h1-8H,9-12H2. The summed E-state index contributed by atoms with van der Waals surface area (Å²) in [4.78, 5) is 35.4. The van der Waals surface area contributed by atoms with Gasteiger partial charge in [-0.1, -0.05) is 47.5 Å². The van der Waals surface area contributed by atoms with Gasteiger partial charge in [0.2, 0.25) is 0 Å². The van der Waals surface area contributed by atoms with Crippen LogP contribution >= 0.6 is 23.2 Å². The molecule has 2 rings (SSSR count). The molecule has 2 aromatic rings. The Hall–Kier alpha value is -2.37. The van der Waals surface area contributed by atoms with Gasteiger partial charge in [-0.2, -0.15) is 0 Å². The number of Topliss-reactive ketones (excluding diaryl/α,β-unsaturated/α-hetero) is 2. The van der Waals surface area contributed by atoms with Crippen LogP contribution in [0.5, 0.6) is 0 Å². The van der Waals surface area contributed by atoms with E-state index in [1.165, 1.54) is 0 Å². The maximum atomic E-state index is 12.0. The highest BCUT2D eigenvalue weighted by Crippen LogP contribution is 2.17. The molecule has 0 aliphatic heterocycles. The third-order valence-electron chi connectivity index (χ3n) is 3.45. The summed E-state index contributed by atoms with van der Waals surface area (Å²) in [5.74, 6) is -0.477. The molecule has 0 radical (unpaired) electrons. The van der Waals surface area contributed by atoms with E-state index in [2.05, 4.69) is 0 Å². The first-order chi connectivity index (χ1) is 12.5. The lowest BCUT2D eigenvalue weighted by Gasteiger charge is -2.07. The molecule has 0 saturated carbocycles. The van der Waals surface area contributed by atoms with Crippen molar-refractivity contribution >= 4 is 40.9 Å². The molecule has 0 atom stereocenters. The fraction of sp³-hybridized carbons (Fsp3) is 0.211. The van der Waals surface area contributed by atoms with Crippen molar-refractivity contribution in [2.75, 3.05) is 13.2 Å². The van der Waals surface area contributed by atoms with E-state index >= 15 is 0 Å². The van der Waals surface area contributed by atoms with Gasteiger partial charge in [-0.3, -0.25) is 9.59 Å². The van der Waals surface area contributed by atoms with Crippen LogP contribution in [-0.4, -0.2) is 30.9 Å². The van der Waals surface area contributed by atoms with Crippen LogP contribution in [0.1, 0.15) is 33.6 Å². The third-order valence-corrected chi connectivity index (χ3v) is 4.11. The number of rotatable bonds is 8. The van der Waals surface area contributed by atoms with Crippen LogP contribution in [0.25, 0.3) is 0 Å². The summed E-state index contributed by atoms with van der Waals surface area (Å²) in [6, 6.07) is 13.3. The van der Waals surface area contributed by atoms with Crippen LogP contribution in [0.3, 0.4) is 0 Å². The van der Waals surface area contributed by atoms with Crippen molar-refractivity contribution in [1.29, 1.82) is 0 Å². The molecule has 0 unspecified atom stereocenters. The lowest BCUT2D eigenvalue weighted by Crippen LogP contribution is -2.14. The Labute approximate surface area is 160 Å².